The lowest BCUT2D eigenvalue weighted by molar-refractivity contribution is -0.121. The summed E-state index contributed by atoms with van der Waals surface area (Å²) < 4.78 is 1.95. The monoisotopic (exact) mass is 295 g/mol. The summed E-state index contributed by atoms with van der Waals surface area (Å²) in [6.45, 7) is 6.07. The van der Waals surface area contributed by atoms with Gasteiger partial charge in [0, 0.05) is 17.3 Å². The van der Waals surface area contributed by atoms with Crippen molar-refractivity contribution in [1.82, 2.24) is 14.7 Å². The Kier molecular flexibility index (Phi) is 4.77. The Morgan fingerprint density at radius 3 is 2.95 bits per heavy atom. The molecule has 0 saturated carbocycles. The molecule has 1 unspecified atom stereocenters. The summed E-state index contributed by atoms with van der Waals surface area (Å²) in [7, 11) is 0. The van der Waals surface area contributed by atoms with Crippen LogP contribution in [0.25, 0.3) is 4.96 Å². The van der Waals surface area contributed by atoms with Crippen molar-refractivity contribution in [2.24, 2.45) is 5.92 Å². The molecule has 6 heteroatoms. The van der Waals surface area contributed by atoms with E-state index in [9.17, 15) is 9.90 Å². The van der Waals surface area contributed by atoms with Gasteiger partial charge >= 0.3 is 0 Å². The van der Waals surface area contributed by atoms with Crippen LogP contribution in [0, 0.1) is 12.8 Å². The number of hydrogen-bond acceptors (Lipinski definition) is 4. The highest BCUT2D eigenvalue weighted by Crippen LogP contribution is 2.17. The standard InChI is InChI=1S/C14H21N3O2S/c1-9(2)4-11(7-18)16-13(19)5-12-8-20-14-15-10(3)6-17(12)14/h6,8-9,11,18H,4-5,7H2,1-3H3,(H,16,19). The van der Waals surface area contributed by atoms with Crippen LogP contribution in [-0.2, 0) is 11.2 Å². The Labute approximate surface area is 122 Å². The van der Waals surface area contributed by atoms with E-state index in [2.05, 4.69) is 24.1 Å². The normalized spacial score (nSPS) is 13.1. The van der Waals surface area contributed by atoms with Gasteiger partial charge in [0.15, 0.2) is 4.96 Å². The van der Waals surface area contributed by atoms with Gasteiger partial charge in [0.25, 0.3) is 0 Å². The molecule has 0 radical (unpaired) electrons. The molecule has 2 aromatic rings. The molecule has 0 aliphatic heterocycles. The maximum Gasteiger partial charge on any atom is 0.226 e. The molecule has 2 aromatic heterocycles. The van der Waals surface area contributed by atoms with Crippen molar-refractivity contribution in [3.63, 3.8) is 0 Å². The Hall–Kier alpha value is -1.40. The molecule has 0 fully saturated rings. The van der Waals surface area contributed by atoms with Crippen LogP contribution in [0.2, 0.25) is 0 Å². The van der Waals surface area contributed by atoms with Gasteiger partial charge < -0.3 is 10.4 Å². The van der Waals surface area contributed by atoms with E-state index in [1.54, 1.807) is 0 Å². The van der Waals surface area contributed by atoms with Crippen molar-refractivity contribution in [2.75, 3.05) is 6.61 Å². The minimum absolute atomic E-state index is 0.0207. The first kappa shape index (κ1) is 15.0. The fourth-order valence-electron chi connectivity index (χ4n) is 2.26. The number of aliphatic hydroxyl groups is 1. The van der Waals surface area contributed by atoms with Crippen molar-refractivity contribution in [1.29, 1.82) is 0 Å². The molecule has 1 amide bonds. The van der Waals surface area contributed by atoms with Crippen molar-refractivity contribution in [3.05, 3.63) is 23.0 Å². The van der Waals surface area contributed by atoms with E-state index in [4.69, 9.17) is 0 Å². The lowest BCUT2D eigenvalue weighted by Crippen LogP contribution is -2.39. The highest BCUT2D eigenvalue weighted by atomic mass is 32.1. The van der Waals surface area contributed by atoms with E-state index < -0.39 is 0 Å². The second-order valence-electron chi connectivity index (χ2n) is 5.52. The van der Waals surface area contributed by atoms with Crippen LogP contribution in [0.15, 0.2) is 11.6 Å². The van der Waals surface area contributed by atoms with Crippen LogP contribution < -0.4 is 5.32 Å². The summed E-state index contributed by atoms with van der Waals surface area (Å²) in [5.41, 5.74) is 1.89. The number of aryl methyl sites for hydroxylation is 1. The summed E-state index contributed by atoms with van der Waals surface area (Å²) in [5, 5.41) is 14.1. The number of aromatic nitrogens is 2. The van der Waals surface area contributed by atoms with Gasteiger partial charge in [0.1, 0.15) is 0 Å². The van der Waals surface area contributed by atoms with Gasteiger partial charge in [-0.2, -0.15) is 0 Å². The smallest absolute Gasteiger partial charge is 0.226 e. The maximum absolute atomic E-state index is 12.1. The number of aliphatic hydroxyl groups excluding tert-OH is 1. The third-order valence-corrected chi connectivity index (χ3v) is 3.98. The number of imidazole rings is 1. The molecule has 0 aromatic carbocycles. The van der Waals surface area contributed by atoms with Gasteiger partial charge in [-0.05, 0) is 19.3 Å². The van der Waals surface area contributed by atoms with Crippen molar-refractivity contribution < 1.29 is 9.90 Å². The largest absolute Gasteiger partial charge is 0.394 e. The summed E-state index contributed by atoms with van der Waals surface area (Å²) in [4.78, 5) is 17.3. The first-order valence-electron chi connectivity index (χ1n) is 6.82. The molecule has 5 nitrogen and oxygen atoms in total. The maximum atomic E-state index is 12.1. The van der Waals surface area contributed by atoms with E-state index in [1.165, 1.54) is 11.3 Å². The van der Waals surface area contributed by atoms with Crippen LogP contribution in [0.4, 0.5) is 0 Å². The van der Waals surface area contributed by atoms with Crippen molar-refractivity contribution in [2.45, 2.75) is 39.7 Å². The Morgan fingerprint density at radius 2 is 2.30 bits per heavy atom. The van der Waals surface area contributed by atoms with Crippen LogP contribution in [-0.4, -0.2) is 33.0 Å². The molecule has 0 aliphatic rings. The third-order valence-electron chi connectivity index (χ3n) is 3.09. The van der Waals surface area contributed by atoms with E-state index >= 15 is 0 Å². The number of thiazole rings is 1. The van der Waals surface area contributed by atoms with Gasteiger partial charge in [-0.1, -0.05) is 13.8 Å². The average Bonchev–Trinajstić information content (AvgIpc) is 2.88. The van der Waals surface area contributed by atoms with Gasteiger partial charge in [-0.15, -0.1) is 11.3 Å². The number of carbonyl (C=O) groups is 1. The second kappa shape index (κ2) is 6.37. The number of carbonyl (C=O) groups excluding carboxylic acids is 1. The fourth-order valence-corrected chi connectivity index (χ4v) is 3.18. The molecule has 2 rings (SSSR count). The molecular weight excluding hydrogens is 274 g/mol. The topological polar surface area (TPSA) is 66.6 Å². The van der Waals surface area contributed by atoms with E-state index in [-0.39, 0.29) is 18.6 Å². The first-order valence-corrected chi connectivity index (χ1v) is 7.70. The van der Waals surface area contributed by atoms with Crippen LogP contribution >= 0.6 is 11.3 Å². The molecule has 0 bridgehead atoms. The molecule has 1 atom stereocenters. The number of nitrogens with zero attached hydrogens (tertiary/aromatic N) is 2. The Bertz CT molecular complexity index is 588. The number of hydrogen-bond donors (Lipinski definition) is 2. The SMILES string of the molecule is Cc1cn2c(CC(=O)NC(CO)CC(C)C)csc2n1. The van der Waals surface area contributed by atoms with E-state index in [1.807, 2.05) is 22.9 Å². The summed E-state index contributed by atoms with van der Waals surface area (Å²) >= 11 is 1.53. The predicted molar refractivity (Wildman–Crippen MR) is 80.0 cm³/mol. The second-order valence-corrected chi connectivity index (χ2v) is 6.35. The molecule has 110 valence electrons. The highest BCUT2D eigenvalue weighted by Gasteiger charge is 2.15. The fraction of sp³-hybridized carbons (Fsp3) is 0.571. The molecule has 2 heterocycles. The number of fused-ring (bicyclic) bond motifs is 1. The van der Waals surface area contributed by atoms with Crippen LogP contribution in [0.3, 0.4) is 0 Å². The molecular formula is C14H21N3O2S. The number of amides is 1. The van der Waals surface area contributed by atoms with E-state index in [0.717, 1.165) is 22.8 Å². The minimum atomic E-state index is -0.166. The number of nitrogens with one attached hydrogen (secondary N) is 1. The molecule has 0 aliphatic carbocycles. The zero-order valence-electron chi connectivity index (χ0n) is 12.1. The minimum Gasteiger partial charge on any atom is -0.394 e. The van der Waals surface area contributed by atoms with Crippen LogP contribution in [0.5, 0.6) is 0 Å². The Balaban J connectivity index is 2.00. The van der Waals surface area contributed by atoms with Gasteiger partial charge in [0.05, 0.1) is 24.8 Å². The summed E-state index contributed by atoms with van der Waals surface area (Å²) in [6.07, 6.45) is 3.03. The molecule has 2 N–H and O–H groups in total. The summed E-state index contributed by atoms with van der Waals surface area (Å²) in [5.74, 6) is 0.382. The van der Waals surface area contributed by atoms with Gasteiger partial charge in [-0.3, -0.25) is 9.20 Å². The van der Waals surface area contributed by atoms with Gasteiger partial charge in [0.2, 0.25) is 5.91 Å². The lowest BCUT2D eigenvalue weighted by atomic mass is 10.0. The third kappa shape index (κ3) is 3.58. The average molecular weight is 295 g/mol. The predicted octanol–water partition coefficient (Wildman–Crippen LogP) is 1.77. The zero-order chi connectivity index (χ0) is 14.7. The molecule has 0 saturated heterocycles. The summed E-state index contributed by atoms with van der Waals surface area (Å²) in [6, 6.07) is -0.166. The molecule has 20 heavy (non-hydrogen) atoms. The highest BCUT2D eigenvalue weighted by molar-refractivity contribution is 7.15. The van der Waals surface area contributed by atoms with Gasteiger partial charge in [-0.25, -0.2) is 4.98 Å². The van der Waals surface area contributed by atoms with Crippen molar-refractivity contribution in [3.8, 4) is 0 Å². The van der Waals surface area contributed by atoms with Crippen molar-refractivity contribution >= 4 is 22.2 Å². The molecule has 0 spiro atoms. The van der Waals surface area contributed by atoms with E-state index in [0.29, 0.717) is 12.3 Å². The zero-order valence-corrected chi connectivity index (χ0v) is 12.9. The Morgan fingerprint density at radius 1 is 1.55 bits per heavy atom. The number of rotatable bonds is 6. The quantitative estimate of drug-likeness (QED) is 0.853. The first-order chi connectivity index (χ1) is 9.49. The van der Waals surface area contributed by atoms with Crippen LogP contribution in [0.1, 0.15) is 31.7 Å². The lowest BCUT2D eigenvalue weighted by Gasteiger charge is -2.18.